The van der Waals surface area contributed by atoms with Gasteiger partial charge in [-0.1, -0.05) is 19.4 Å². The van der Waals surface area contributed by atoms with Crippen LogP contribution in [0.2, 0.25) is 0 Å². The number of pyridine rings is 1. The Morgan fingerprint density at radius 1 is 1.38 bits per heavy atom. The van der Waals surface area contributed by atoms with Crippen LogP contribution >= 0.6 is 0 Å². The molecule has 0 amide bonds. The number of unbranched alkanes of at least 4 members (excludes halogenated alkanes) is 1. The smallest absolute Gasteiger partial charge is 0.261 e. The number of aryl methyl sites for hydroxylation is 1. The summed E-state index contributed by atoms with van der Waals surface area (Å²) in [6.07, 6.45) is 4.73. The van der Waals surface area contributed by atoms with Gasteiger partial charge in [-0.15, -0.1) is 0 Å². The van der Waals surface area contributed by atoms with Crippen molar-refractivity contribution >= 4 is 5.65 Å². The summed E-state index contributed by atoms with van der Waals surface area (Å²) >= 11 is 0. The number of nitrogens with zero attached hydrogens (tertiary/aromatic N) is 2. The Morgan fingerprint density at radius 3 is 2.94 bits per heavy atom. The van der Waals surface area contributed by atoms with Gasteiger partial charge in [-0.05, 0) is 31.9 Å². The van der Waals surface area contributed by atoms with Crippen molar-refractivity contribution in [2.75, 3.05) is 0 Å². The highest BCUT2D eigenvalue weighted by molar-refractivity contribution is 5.40. The second-order valence-electron chi connectivity index (χ2n) is 4.01. The molecule has 0 atom stereocenters. The maximum absolute atomic E-state index is 12.2. The van der Waals surface area contributed by atoms with E-state index < -0.39 is 0 Å². The largest absolute Gasteiger partial charge is 0.269 e. The Hall–Kier alpha value is -1.64. The number of rotatable bonds is 3. The predicted octanol–water partition coefficient (Wildman–Crippen LogP) is 2.35. The van der Waals surface area contributed by atoms with E-state index in [0.29, 0.717) is 0 Å². The molecule has 0 saturated carbocycles. The molecule has 0 saturated heterocycles. The number of aromatic nitrogens is 2. The normalized spacial score (nSPS) is 10.9. The van der Waals surface area contributed by atoms with E-state index in [1.807, 2.05) is 25.1 Å². The lowest BCUT2D eigenvalue weighted by atomic mass is 10.1. The lowest BCUT2D eigenvalue weighted by molar-refractivity contribution is 0.771. The summed E-state index contributed by atoms with van der Waals surface area (Å²) in [5.41, 5.74) is 2.52. The Kier molecular flexibility index (Phi) is 3.04. The molecule has 0 bridgehead atoms. The average Bonchev–Trinajstić information content (AvgIpc) is 2.29. The van der Waals surface area contributed by atoms with Gasteiger partial charge in [0, 0.05) is 17.5 Å². The van der Waals surface area contributed by atoms with Crippen LogP contribution in [-0.2, 0) is 6.42 Å². The first-order valence-electron chi connectivity index (χ1n) is 5.71. The zero-order valence-electron chi connectivity index (χ0n) is 9.73. The molecule has 0 spiro atoms. The number of hydrogen-bond donors (Lipinski definition) is 0. The molecule has 0 aliphatic carbocycles. The monoisotopic (exact) mass is 216 g/mol. The van der Waals surface area contributed by atoms with Crippen molar-refractivity contribution in [3.8, 4) is 0 Å². The maximum Gasteiger partial charge on any atom is 0.261 e. The van der Waals surface area contributed by atoms with Crippen molar-refractivity contribution in [3.63, 3.8) is 0 Å². The third-order valence-electron chi connectivity index (χ3n) is 2.81. The van der Waals surface area contributed by atoms with E-state index in [0.717, 1.165) is 36.2 Å². The van der Waals surface area contributed by atoms with E-state index in [1.165, 1.54) is 0 Å². The molecule has 0 radical (unpaired) electrons. The van der Waals surface area contributed by atoms with Gasteiger partial charge < -0.3 is 0 Å². The minimum absolute atomic E-state index is 0.0801. The lowest BCUT2D eigenvalue weighted by Gasteiger charge is -2.06. The molecule has 0 aliphatic rings. The molecular weight excluding hydrogens is 200 g/mol. The second kappa shape index (κ2) is 4.47. The van der Waals surface area contributed by atoms with Crippen LogP contribution in [0.5, 0.6) is 0 Å². The molecule has 2 rings (SSSR count). The Labute approximate surface area is 94.8 Å². The zero-order valence-corrected chi connectivity index (χ0v) is 9.73. The van der Waals surface area contributed by atoms with Gasteiger partial charge in [0.25, 0.3) is 5.56 Å². The van der Waals surface area contributed by atoms with E-state index in [4.69, 9.17) is 0 Å². The fourth-order valence-electron chi connectivity index (χ4n) is 1.88. The fraction of sp³-hybridized carbons (Fsp3) is 0.385. The van der Waals surface area contributed by atoms with Gasteiger partial charge in [-0.2, -0.15) is 0 Å². The molecule has 0 fully saturated rings. The molecular formula is C13H16N2O. The van der Waals surface area contributed by atoms with Crippen LogP contribution in [0.3, 0.4) is 0 Å². The van der Waals surface area contributed by atoms with Gasteiger partial charge in [0.1, 0.15) is 5.65 Å². The maximum atomic E-state index is 12.2. The van der Waals surface area contributed by atoms with E-state index in [2.05, 4.69) is 11.9 Å². The highest BCUT2D eigenvalue weighted by atomic mass is 16.1. The van der Waals surface area contributed by atoms with Crippen molar-refractivity contribution in [2.24, 2.45) is 0 Å². The quantitative estimate of drug-likeness (QED) is 0.789. The predicted molar refractivity (Wildman–Crippen MR) is 64.8 cm³/mol. The van der Waals surface area contributed by atoms with E-state index in [-0.39, 0.29) is 5.56 Å². The van der Waals surface area contributed by atoms with Gasteiger partial charge >= 0.3 is 0 Å². The van der Waals surface area contributed by atoms with Crippen LogP contribution in [0.15, 0.2) is 29.2 Å². The van der Waals surface area contributed by atoms with Crippen LogP contribution in [0.1, 0.15) is 31.0 Å². The minimum Gasteiger partial charge on any atom is -0.269 e. The molecule has 0 aromatic carbocycles. The fourth-order valence-corrected chi connectivity index (χ4v) is 1.88. The highest BCUT2D eigenvalue weighted by Crippen LogP contribution is 2.06. The molecule has 3 heteroatoms. The van der Waals surface area contributed by atoms with Crippen LogP contribution in [-0.4, -0.2) is 9.38 Å². The van der Waals surface area contributed by atoms with Gasteiger partial charge in [0.05, 0.1) is 0 Å². The van der Waals surface area contributed by atoms with Gasteiger partial charge in [0.15, 0.2) is 0 Å². The summed E-state index contributed by atoms with van der Waals surface area (Å²) in [6, 6.07) is 5.61. The van der Waals surface area contributed by atoms with E-state index in [9.17, 15) is 4.79 Å². The SMILES string of the molecule is CCCCc1c(C)nc2ccccn2c1=O. The molecule has 0 unspecified atom stereocenters. The third kappa shape index (κ3) is 1.85. The summed E-state index contributed by atoms with van der Waals surface area (Å²) < 4.78 is 1.62. The van der Waals surface area contributed by atoms with E-state index in [1.54, 1.807) is 10.6 Å². The molecule has 2 aromatic rings. The standard InChI is InChI=1S/C13H16N2O/c1-3-4-7-11-10(2)14-12-8-5-6-9-15(12)13(11)16/h5-6,8-9H,3-4,7H2,1-2H3. The molecule has 16 heavy (non-hydrogen) atoms. The minimum atomic E-state index is 0.0801. The summed E-state index contributed by atoms with van der Waals surface area (Å²) in [7, 11) is 0. The molecule has 2 heterocycles. The first-order chi connectivity index (χ1) is 7.74. The van der Waals surface area contributed by atoms with Crippen LogP contribution < -0.4 is 5.56 Å². The van der Waals surface area contributed by atoms with E-state index >= 15 is 0 Å². The molecule has 2 aromatic heterocycles. The summed E-state index contributed by atoms with van der Waals surface area (Å²) in [6.45, 7) is 4.04. The van der Waals surface area contributed by atoms with Gasteiger partial charge in [-0.25, -0.2) is 4.98 Å². The van der Waals surface area contributed by atoms with Crippen LogP contribution in [0.4, 0.5) is 0 Å². The van der Waals surface area contributed by atoms with Crippen molar-refractivity contribution < 1.29 is 0 Å². The second-order valence-corrected chi connectivity index (χ2v) is 4.01. The van der Waals surface area contributed by atoms with Crippen molar-refractivity contribution in [1.29, 1.82) is 0 Å². The molecule has 3 nitrogen and oxygen atoms in total. The lowest BCUT2D eigenvalue weighted by Crippen LogP contribution is -2.21. The zero-order chi connectivity index (χ0) is 11.5. The highest BCUT2D eigenvalue weighted by Gasteiger charge is 2.08. The third-order valence-corrected chi connectivity index (χ3v) is 2.81. The molecule has 0 N–H and O–H groups in total. The van der Waals surface area contributed by atoms with Crippen LogP contribution in [0, 0.1) is 6.92 Å². The van der Waals surface area contributed by atoms with Crippen LogP contribution in [0.25, 0.3) is 5.65 Å². The number of fused-ring (bicyclic) bond motifs is 1. The molecule has 84 valence electrons. The summed E-state index contributed by atoms with van der Waals surface area (Å²) in [5.74, 6) is 0. The summed E-state index contributed by atoms with van der Waals surface area (Å²) in [4.78, 5) is 16.6. The van der Waals surface area contributed by atoms with Gasteiger partial charge in [-0.3, -0.25) is 9.20 Å². The number of hydrogen-bond acceptors (Lipinski definition) is 2. The summed E-state index contributed by atoms with van der Waals surface area (Å²) in [5, 5.41) is 0. The Bertz CT molecular complexity index is 557. The van der Waals surface area contributed by atoms with Gasteiger partial charge in [0.2, 0.25) is 0 Å². The van der Waals surface area contributed by atoms with Crippen molar-refractivity contribution in [3.05, 3.63) is 46.0 Å². The first kappa shape index (κ1) is 10.9. The van der Waals surface area contributed by atoms with Crippen molar-refractivity contribution in [1.82, 2.24) is 9.38 Å². The first-order valence-corrected chi connectivity index (χ1v) is 5.71. The van der Waals surface area contributed by atoms with Crippen molar-refractivity contribution in [2.45, 2.75) is 33.1 Å². The Balaban J connectivity index is 2.61. The molecule has 0 aliphatic heterocycles. The average molecular weight is 216 g/mol. The topological polar surface area (TPSA) is 34.4 Å². The Morgan fingerprint density at radius 2 is 2.19 bits per heavy atom.